The summed E-state index contributed by atoms with van der Waals surface area (Å²) in [5.41, 5.74) is 0.294. The van der Waals surface area contributed by atoms with Crippen LogP contribution < -0.4 is 5.32 Å². The Bertz CT molecular complexity index is 189. The first-order chi connectivity index (χ1) is 6.94. The van der Waals surface area contributed by atoms with Gasteiger partial charge in [0.05, 0.1) is 0 Å². The van der Waals surface area contributed by atoms with E-state index in [4.69, 9.17) is 0 Å². The van der Waals surface area contributed by atoms with Gasteiger partial charge in [0.1, 0.15) is 0 Å². The molecule has 0 spiro atoms. The van der Waals surface area contributed by atoms with E-state index in [1.807, 2.05) is 0 Å². The highest BCUT2D eigenvalue weighted by atomic mass is 15.2. The lowest BCUT2D eigenvalue weighted by Gasteiger charge is -2.42. The lowest BCUT2D eigenvalue weighted by atomic mass is 9.96. The third-order valence-corrected chi connectivity index (χ3v) is 3.66. The Morgan fingerprint density at radius 1 is 1.33 bits per heavy atom. The van der Waals surface area contributed by atoms with Gasteiger partial charge in [-0.25, -0.2) is 0 Å². The van der Waals surface area contributed by atoms with Crippen LogP contribution >= 0.6 is 0 Å². The molecular weight excluding hydrogens is 184 g/mol. The molecule has 1 fully saturated rings. The van der Waals surface area contributed by atoms with Crippen LogP contribution in [0.4, 0.5) is 0 Å². The first-order valence-corrected chi connectivity index (χ1v) is 6.43. The first kappa shape index (κ1) is 13.0. The zero-order chi connectivity index (χ0) is 11.5. The van der Waals surface area contributed by atoms with E-state index < -0.39 is 0 Å². The van der Waals surface area contributed by atoms with Gasteiger partial charge in [0.25, 0.3) is 0 Å². The van der Waals surface area contributed by atoms with E-state index in [0.29, 0.717) is 5.54 Å². The van der Waals surface area contributed by atoms with E-state index in [0.717, 1.165) is 18.5 Å². The molecule has 1 N–H and O–H groups in total. The van der Waals surface area contributed by atoms with E-state index in [-0.39, 0.29) is 0 Å². The van der Waals surface area contributed by atoms with Gasteiger partial charge in [0.15, 0.2) is 0 Å². The number of nitrogens with one attached hydrogen (secondary N) is 1. The first-order valence-electron chi connectivity index (χ1n) is 6.43. The fourth-order valence-electron chi connectivity index (χ4n) is 2.45. The zero-order valence-electron chi connectivity index (χ0n) is 11.1. The summed E-state index contributed by atoms with van der Waals surface area (Å²) in [4.78, 5) is 2.64. The maximum Gasteiger partial charge on any atom is 0.0252 e. The molecule has 0 aliphatic carbocycles. The van der Waals surface area contributed by atoms with E-state index in [1.54, 1.807) is 0 Å². The van der Waals surface area contributed by atoms with Gasteiger partial charge in [-0.15, -0.1) is 0 Å². The van der Waals surface area contributed by atoms with Gasteiger partial charge < -0.3 is 5.32 Å². The smallest absolute Gasteiger partial charge is 0.0252 e. The van der Waals surface area contributed by atoms with E-state index in [9.17, 15) is 0 Å². The van der Waals surface area contributed by atoms with Crippen LogP contribution in [0.5, 0.6) is 0 Å². The molecule has 2 unspecified atom stereocenters. The highest BCUT2D eigenvalue weighted by Gasteiger charge is 2.28. The third kappa shape index (κ3) is 4.12. The highest BCUT2D eigenvalue weighted by Crippen LogP contribution is 2.18. The third-order valence-electron chi connectivity index (χ3n) is 3.66. The Morgan fingerprint density at radius 3 is 2.53 bits per heavy atom. The number of hydrogen-bond acceptors (Lipinski definition) is 2. The second kappa shape index (κ2) is 5.31. The molecule has 0 bridgehead atoms. The molecule has 1 rings (SSSR count). The number of nitrogens with zero attached hydrogens (tertiary/aromatic N) is 1. The van der Waals surface area contributed by atoms with E-state index >= 15 is 0 Å². The minimum absolute atomic E-state index is 0.294. The minimum atomic E-state index is 0.294. The summed E-state index contributed by atoms with van der Waals surface area (Å²) in [7, 11) is 0. The summed E-state index contributed by atoms with van der Waals surface area (Å²) < 4.78 is 0. The van der Waals surface area contributed by atoms with Crippen LogP contribution in [0, 0.1) is 5.92 Å². The van der Waals surface area contributed by atoms with Gasteiger partial charge in [-0.05, 0) is 33.1 Å². The topological polar surface area (TPSA) is 15.3 Å². The minimum Gasteiger partial charge on any atom is -0.309 e. The molecule has 0 radical (unpaired) electrons. The molecule has 2 nitrogen and oxygen atoms in total. The van der Waals surface area contributed by atoms with Gasteiger partial charge in [-0.2, -0.15) is 0 Å². The van der Waals surface area contributed by atoms with Crippen molar-refractivity contribution in [3.63, 3.8) is 0 Å². The van der Waals surface area contributed by atoms with Crippen molar-refractivity contribution in [3.05, 3.63) is 0 Å². The van der Waals surface area contributed by atoms with Gasteiger partial charge in [-0.3, -0.25) is 4.90 Å². The van der Waals surface area contributed by atoms with Crippen molar-refractivity contribution in [3.8, 4) is 0 Å². The maximum atomic E-state index is 3.57. The molecule has 0 amide bonds. The summed E-state index contributed by atoms with van der Waals surface area (Å²) in [6, 6.07) is 0.737. The summed E-state index contributed by atoms with van der Waals surface area (Å²) in [6.07, 6.45) is 2.65. The van der Waals surface area contributed by atoms with Crippen molar-refractivity contribution in [1.82, 2.24) is 10.2 Å². The largest absolute Gasteiger partial charge is 0.309 e. The standard InChI is InChI=1S/C13H28N2/c1-6-11(2)9-12(3)15-8-7-14-13(4,5)10-15/h11-12,14H,6-10H2,1-5H3. The van der Waals surface area contributed by atoms with Crippen LogP contribution in [-0.2, 0) is 0 Å². The van der Waals surface area contributed by atoms with Gasteiger partial charge in [-0.1, -0.05) is 20.3 Å². The van der Waals surface area contributed by atoms with Crippen LogP contribution in [-0.4, -0.2) is 36.1 Å². The Kier molecular flexibility index (Phi) is 4.60. The van der Waals surface area contributed by atoms with Gasteiger partial charge >= 0.3 is 0 Å². The van der Waals surface area contributed by atoms with Crippen molar-refractivity contribution in [2.24, 2.45) is 5.92 Å². The van der Waals surface area contributed by atoms with E-state index in [1.165, 1.54) is 25.9 Å². The van der Waals surface area contributed by atoms with Crippen LogP contribution in [0.15, 0.2) is 0 Å². The molecule has 15 heavy (non-hydrogen) atoms. The monoisotopic (exact) mass is 212 g/mol. The molecule has 1 aliphatic rings. The Labute approximate surface area is 95.4 Å². The second-order valence-corrected chi connectivity index (χ2v) is 5.88. The highest BCUT2D eigenvalue weighted by molar-refractivity contribution is 4.88. The molecule has 1 heterocycles. The van der Waals surface area contributed by atoms with Crippen LogP contribution in [0.1, 0.15) is 47.5 Å². The van der Waals surface area contributed by atoms with Crippen molar-refractivity contribution in [1.29, 1.82) is 0 Å². The summed E-state index contributed by atoms with van der Waals surface area (Å²) in [5.74, 6) is 0.859. The van der Waals surface area contributed by atoms with Crippen molar-refractivity contribution < 1.29 is 0 Å². The maximum absolute atomic E-state index is 3.57. The molecule has 2 heteroatoms. The Morgan fingerprint density at radius 2 is 2.00 bits per heavy atom. The van der Waals surface area contributed by atoms with Crippen molar-refractivity contribution in [2.45, 2.75) is 59.0 Å². The molecule has 1 aliphatic heterocycles. The quantitative estimate of drug-likeness (QED) is 0.770. The molecule has 0 aromatic carbocycles. The van der Waals surface area contributed by atoms with Crippen molar-refractivity contribution >= 4 is 0 Å². The van der Waals surface area contributed by atoms with Crippen LogP contribution in [0.3, 0.4) is 0 Å². The van der Waals surface area contributed by atoms with Crippen LogP contribution in [0.25, 0.3) is 0 Å². The predicted molar refractivity (Wildman–Crippen MR) is 67.2 cm³/mol. The lowest BCUT2D eigenvalue weighted by molar-refractivity contribution is 0.104. The van der Waals surface area contributed by atoms with E-state index in [2.05, 4.69) is 44.8 Å². The normalized spacial score (nSPS) is 26.2. The summed E-state index contributed by atoms with van der Waals surface area (Å²) in [5, 5.41) is 3.57. The second-order valence-electron chi connectivity index (χ2n) is 5.88. The molecule has 1 saturated heterocycles. The lowest BCUT2D eigenvalue weighted by Crippen LogP contribution is -2.59. The molecule has 2 atom stereocenters. The fourth-order valence-corrected chi connectivity index (χ4v) is 2.45. The number of rotatable bonds is 4. The Balaban J connectivity index is 2.42. The average molecular weight is 212 g/mol. The average Bonchev–Trinajstić information content (AvgIpc) is 2.16. The zero-order valence-corrected chi connectivity index (χ0v) is 11.1. The van der Waals surface area contributed by atoms with Crippen molar-refractivity contribution in [2.75, 3.05) is 19.6 Å². The van der Waals surface area contributed by atoms with Crippen LogP contribution in [0.2, 0.25) is 0 Å². The molecular formula is C13H28N2. The van der Waals surface area contributed by atoms with Gasteiger partial charge in [0.2, 0.25) is 0 Å². The number of piperazine rings is 1. The number of hydrogen-bond donors (Lipinski definition) is 1. The predicted octanol–water partition coefficient (Wildman–Crippen LogP) is 2.49. The molecule has 0 aromatic rings. The van der Waals surface area contributed by atoms with Gasteiger partial charge in [0, 0.05) is 31.2 Å². The molecule has 0 aromatic heterocycles. The SMILES string of the molecule is CCC(C)CC(C)N1CCNC(C)(C)C1. The summed E-state index contributed by atoms with van der Waals surface area (Å²) in [6.45, 7) is 15.2. The fraction of sp³-hybridized carbons (Fsp3) is 1.00. The Hall–Kier alpha value is -0.0800. The molecule has 0 saturated carbocycles. The molecule has 90 valence electrons. The summed E-state index contributed by atoms with van der Waals surface area (Å²) >= 11 is 0.